The van der Waals surface area contributed by atoms with E-state index in [0.29, 0.717) is 56.4 Å². The Hall–Kier alpha value is -3.47. The van der Waals surface area contributed by atoms with E-state index in [1.165, 1.54) is 6.07 Å². The molecule has 45 heavy (non-hydrogen) atoms. The Balaban J connectivity index is 1.29. The Kier molecular flexibility index (Phi) is 11.1. The van der Waals surface area contributed by atoms with Gasteiger partial charge in [0.2, 0.25) is 5.91 Å². The van der Waals surface area contributed by atoms with E-state index >= 15 is 0 Å². The fraction of sp³-hybridized carbons (Fsp3) is 0.353. The lowest BCUT2D eigenvalue weighted by Crippen LogP contribution is -2.37. The minimum Gasteiger partial charge on any atom is -0.475 e. The van der Waals surface area contributed by atoms with Gasteiger partial charge < -0.3 is 14.2 Å². The van der Waals surface area contributed by atoms with Gasteiger partial charge in [0.25, 0.3) is 5.88 Å². The van der Waals surface area contributed by atoms with E-state index in [0.717, 1.165) is 22.9 Å². The summed E-state index contributed by atoms with van der Waals surface area (Å²) in [5.74, 6) is 1.87. The highest BCUT2D eigenvalue weighted by Gasteiger charge is 2.34. The molecule has 0 spiro atoms. The monoisotopic (exact) mass is 657 g/mol. The Morgan fingerprint density at radius 1 is 1.09 bits per heavy atom. The molecule has 0 radical (unpaired) electrons. The van der Waals surface area contributed by atoms with E-state index < -0.39 is 11.7 Å². The van der Waals surface area contributed by atoms with Crippen LogP contribution in [0, 0.1) is 0 Å². The van der Waals surface area contributed by atoms with Crippen LogP contribution in [-0.2, 0) is 17.5 Å². The zero-order valence-corrected chi connectivity index (χ0v) is 26.5. The molecule has 11 heteroatoms. The molecule has 4 aromatic rings. The fourth-order valence-corrected chi connectivity index (χ4v) is 6.96. The highest BCUT2D eigenvalue weighted by molar-refractivity contribution is 7.99. The maximum Gasteiger partial charge on any atom is 0.417 e. The quantitative estimate of drug-likeness (QED) is 0.144. The van der Waals surface area contributed by atoms with E-state index in [2.05, 4.69) is 34.3 Å². The number of carbonyl (C=O) groups is 1. The molecule has 3 aromatic carbocycles. The van der Waals surface area contributed by atoms with Crippen LogP contribution in [-0.4, -0.2) is 59.4 Å². The molecule has 1 amide bonds. The second kappa shape index (κ2) is 15.2. The van der Waals surface area contributed by atoms with Crippen molar-refractivity contribution >= 4 is 29.3 Å². The summed E-state index contributed by atoms with van der Waals surface area (Å²) in [5.41, 5.74) is 1.80. The summed E-state index contributed by atoms with van der Waals surface area (Å²) < 4.78 is 52.4. The molecule has 1 fully saturated rings. The Morgan fingerprint density at radius 2 is 1.78 bits per heavy atom. The number of carbonyl (C=O) groups excluding carboxylic acids is 1. The summed E-state index contributed by atoms with van der Waals surface area (Å²) in [6.45, 7) is 4.50. The summed E-state index contributed by atoms with van der Waals surface area (Å²) >= 11 is 8.05. The van der Waals surface area contributed by atoms with Crippen LogP contribution in [0.3, 0.4) is 0 Å². The molecule has 238 valence electrons. The average Bonchev–Trinajstić information content (AvgIpc) is 3.52. The van der Waals surface area contributed by atoms with Crippen molar-refractivity contribution in [1.82, 2.24) is 15.0 Å². The van der Waals surface area contributed by atoms with Crippen LogP contribution < -0.4 is 4.74 Å². The third-order valence-electron chi connectivity index (χ3n) is 7.83. The molecule has 6 nitrogen and oxygen atoms in total. The van der Waals surface area contributed by atoms with Crippen molar-refractivity contribution in [3.8, 4) is 5.88 Å². The topological polar surface area (TPSA) is 58.8 Å². The number of alkyl halides is 3. The van der Waals surface area contributed by atoms with Crippen LogP contribution >= 0.6 is 23.4 Å². The molecule has 2 heterocycles. The van der Waals surface area contributed by atoms with Crippen LogP contribution in [0.4, 0.5) is 13.2 Å². The van der Waals surface area contributed by atoms with Gasteiger partial charge >= 0.3 is 6.18 Å². The summed E-state index contributed by atoms with van der Waals surface area (Å²) in [6.07, 6.45) is -3.95. The molecule has 0 saturated carbocycles. The largest absolute Gasteiger partial charge is 0.475 e. The maximum atomic E-state index is 13.7. The number of ether oxygens (including phenoxy) is 1. The van der Waals surface area contributed by atoms with E-state index in [1.807, 2.05) is 36.4 Å². The van der Waals surface area contributed by atoms with E-state index in [4.69, 9.17) is 20.9 Å². The molecule has 0 bridgehead atoms. The van der Waals surface area contributed by atoms with Crippen LogP contribution in [0.1, 0.15) is 52.5 Å². The number of aromatic nitrogens is 1. The van der Waals surface area contributed by atoms with Gasteiger partial charge in [0, 0.05) is 57.4 Å². The second-order valence-corrected chi connectivity index (χ2v) is 12.7. The molecule has 5 rings (SSSR count). The number of hydrogen-bond donors (Lipinski definition) is 0. The van der Waals surface area contributed by atoms with Gasteiger partial charge in [0.15, 0.2) is 5.76 Å². The summed E-state index contributed by atoms with van der Waals surface area (Å²) in [5, 5.41) is 3.78. The molecular formula is C34H35ClF3N3O3S. The van der Waals surface area contributed by atoms with Gasteiger partial charge in [-0.3, -0.25) is 9.69 Å². The first kappa shape index (κ1) is 32.9. The van der Waals surface area contributed by atoms with Crippen molar-refractivity contribution in [3.63, 3.8) is 0 Å². The van der Waals surface area contributed by atoms with Gasteiger partial charge in [-0.25, -0.2) is 0 Å². The van der Waals surface area contributed by atoms with Crippen molar-refractivity contribution in [2.45, 2.75) is 37.2 Å². The van der Waals surface area contributed by atoms with Gasteiger partial charge in [-0.1, -0.05) is 84.4 Å². The molecule has 1 aliphatic rings. The number of hydrogen-bond acceptors (Lipinski definition) is 6. The van der Waals surface area contributed by atoms with Gasteiger partial charge in [-0.15, -0.1) is 11.8 Å². The number of rotatable bonds is 12. The van der Waals surface area contributed by atoms with Gasteiger partial charge in [0.1, 0.15) is 0 Å². The maximum absolute atomic E-state index is 13.7. The highest BCUT2D eigenvalue weighted by Crippen LogP contribution is 2.37. The van der Waals surface area contributed by atoms with E-state index in [9.17, 15) is 18.0 Å². The number of amides is 1. The predicted molar refractivity (Wildman–Crippen MR) is 171 cm³/mol. The van der Waals surface area contributed by atoms with Crippen molar-refractivity contribution in [2.24, 2.45) is 0 Å². The smallest absolute Gasteiger partial charge is 0.417 e. The first-order chi connectivity index (χ1) is 21.7. The minimum atomic E-state index is -4.54. The summed E-state index contributed by atoms with van der Waals surface area (Å²) in [7, 11) is 0. The third-order valence-corrected chi connectivity index (χ3v) is 9.48. The lowest BCUT2D eigenvalue weighted by atomic mass is 9.90. The SMILES string of the molecule is CC(=O)N1CCSC(c2cc(OCCCN(Cc3cccc(C(F)(F)F)c3Cl)CC(c3ccccc3)c3ccccc3)no2)C1. The van der Waals surface area contributed by atoms with Crippen LogP contribution in [0.5, 0.6) is 5.88 Å². The van der Waals surface area contributed by atoms with Crippen LogP contribution in [0.2, 0.25) is 5.02 Å². The molecule has 0 aliphatic carbocycles. The Morgan fingerprint density at radius 3 is 2.42 bits per heavy atom. The standard InChI is InChI=1S/C34H35ClF3N3O3S/c1-24(42)41-17-19-45-31(23-41)30-20-32(39-44-30)43-18-9-16-40(21-27-14-8-15-29(33(27)35)34(36,37)38)22-28(25-10-4-2-5-11-25)26-12-6-3-7-13-26/h2-8,10-15,20,28,31H,9,16-19,21-23H2,1H3. The zero-order valence-electron chi connectivity index (χ0n) is 24.9. The van der Waals surface area contributed by atoms with Gasteiger partial charge in [-0.05, 0) is 34.3 Å². The molecule has 1 atom stereocenters. The van der Waals surface area contributed by atoms with Gasteiger partial charge in [0.05, 0.1) is 22.4 Å². The van der Waals surface area contributed by atoms with Crippen molar-refractivity contribution < 1.29 is 27.2 Å². The lowest BCUT2D eigenvalue weighted by molar-refractivity contribution is -0.137. The molecule has 1 aromatic heterocycles. The molecule has 1 saturated heterocycles. The first-order valence-corrected chi connectivity index (χ1v) is 16.2. The van der Waals surface area contributed by atoms with Crippen LogP contribution in [0.25, 0.3) is 0 Å². The Bertz CT molecular complexity index is 1500. The number of benzene rings is 3. The number of thioether (sulfide) groups is 1. The number of halogens is 4. The predicted octanol–water partition coefficient (Wildman–Crippen LogP) is 8.09. The summed E-state index contributed by atoms with van der Waals surface area (Å²) in [6, 6.07) is 26.0. The normalized spacial score (nSPS) is 15.5. The zero-order chi connectivity index (χ0) is 31.8. The molecule has 1 aliphatic heterocycles. The highest BCUT2D eigenvalue weighted by atomic mass is 35.5. The first-order valence-electron chi connectivity index (χ1n) is 14.8. The minimum absolute atomic E-state index is 0.00638. The fourth-order valence-electron chi connectivity index (χ4n) is 5.49. The third kappa shape index (κ3) is 8.83. The summed E-state index contributed by atoms with van der Waals surface area (Å²) in [4.78, 5) is 15.7. The van der Waals surface area contributed by atoms with Crippen LogP contribution in [0.15, 0.2) is 89.5 Å². The second-order valence-electron chi connectivity index (χ2n) is 11.0. The van der Waals surface area contributed by atoms with Crippen molar-refractivity contribution in [2.75, 3.05) is 38.5 Å². The van der Waals surface area contributed by atoms with Gasteiger partial charge in [-0.2, -0.15) is 13.2 Å². The van der Waals surface area contributed by atoms with E-state index in [1.54, 1.807) is 35.7 Å². The molecule has 1 unspecified atom stereocenters. The van der Waals surface area contributed by atoms with E-state index in [-0.39, 0.29) is 28.6 Å². The van der Waals surface area contributed by atoms with Crippen molar-refractivity contribution in [1.29, 1.82) is 0 Å². The average molecular weight is 658 g/mol. The molecular weight excluding hydrogens is 623 g/mol. The Labute approximate surface area is 270 Å². The lowest BCUT2D eigenvalue weighted by Gasteiger charge is -2.30. The molecule has 0 N–H and O–H groups in total. The van der Waals surface area contributed by atoms with Crippen molar-refractivity contribution in [3.05, 3.63) is 118 Å². The number of nitrogens with zero attached hydrogens (tertiary/aromatic N) is 3.